The van der Waals surface area contributed by atoms with E-state index in [9.17, 15) is 18.0 Å². The molecule has 72 valence electrons. The molecule has 0 aliphatic carbocycles. The zero-order valence-corrected chi connectivity index (χ0v) is 6.63. The maximum atomic E-state index is 12.1. The van der Waals surface area contributed by atoms with Crippen LogP contribution in [-0.4, -0.2) is 17.6 Å². The van der Waals surface area contributed by atoms with Gasteiger partial charge >= 0.3 is 12.3 Å². The van der Waals surface area contributed by atoms with E-state index in [4.69, 9.17) is 0 Å². The molecule has 0 spiro atoms. The number of alkyl halides is 3. The summed E-state index contributed by atoms with van der Waals surface area (Å²) in [4.78, 5) is 10.8. The SMILES string of the molecule is COC(=O)c1cccn1C(F)(F)F. The summed E-state index contributed by atoms with van der Waals surface area (Å²) < 4.78 is 40.5. The molecule has 3 nitrogen and oxygen atoms in total. The number of hydrogen-bond acceptors (Lipinski definition) is 2. The minimum Gasteiger partial charge on any atom is -0.464 e. The summed E-state index contributed by atoms with van der Waals surface area (Å²) in [6.45, 7) is 0. The van der Waals surface area contributed by atoms with Crippen LogP contribution in [0, 0.1) is 0 Å². The minimum absolute atomic E-state index is 0.0984. The highest BCUT2D eigenvalue weighted by molar-refractivity contribution is 5.87. The van der Waals surface area contributed by atoms with Crippen molar-refractivity contribution >= 4 is 5.97 Å². The molecule has 0 bridgehead atoms. The van der Waals surface area contributed by atoms with E-state index in [2.05, 4.69) is 4.74 Å². The van der Waals surface area contributed by atoms with Crippen molar-refractivity contribution in [2.24, 2.45) is 0 Å². The molecule has 0 aliphatic rings. The van der Waals surface area contributed by atoms with Gasteiger partial charge in [-0.1, -0.05) is 0 Å². The summed E-state index contributed by atoms with van der Waals surface area (Å²) in [5.41, 5.74) is -0.532. The number of methoxy groups -OCH3 is 1. The van der Waals surface area contributed by atoms with E-state index in [0.29, 0.717) is 0 Å². The fraction of sp³-hybridized carbons (Fsp3) is 0.286. The lowest BCUT2D eigenvalue weighted by molar-refractivity contribution is -0.204. The highest BCUT2D eigenvalue weighted by Gasteiger charge is 2.33. The Bertz CT molecular complexity index is 316. The first-order valence-electron chi connectivity index (χ1n) is 3.29. The van der Waals surface area contributed by atoms with Gasteiger partial charge < -0.3 is 4.74 Å². The second kappa shape index (κ2) is 3.12. The summed E-state index contributed by atoms with van der Waals surface area (Å²) in [5, 5.41) is 0. The molecule has 1 rings (SSSR count). The normalized spacial score (nSPS) is 11.4. The second-order valence-electron chi connectivity index (χ2n) is 2.22. The lowest BCUT2D eigenvalue weighted by Gasteiger charge is -2.10. The Labute approximate surface area is 71.7 Å². The Morgan fingerprint density at radius 3 is 2.62 bits per heavy atom. The van der Waals surface area contributed by atoms with Crippen LogP contribution in [0.4, 0.5) is 13.2 Å². The molecule has 0 saturated carbocycles. The summed E-state index contributed by atoms with van der Waals surface area (Å²) in [7, 11) is 1.02. The third-order valence-corrected chi connectivity index (χ3v) is 1.42. The van der Waals surface area contributed by atoms with Crippen LogP contribution in [0.3, 0.4) is 0 Å². The van der Waals surface area contributed by atoms with Crippen molar-refractivity contribution < 1.29 is 22.7 Å². The van der Waals surface area contributed by atoms with Gasteiger partial charge in [-0.25, -0.2) is 4.79 Å². The molecule has 6 heteroatoms. The van der Waals surface area contributed by atoms with Gasteiger partial charge in [0.2, 0.25) is 0 Å². The van der Waals surface area contributed by atoms with Gasteiger partial charge in [0.1, 0.15) is 5.69 Å². The van der Waals surface area contributed by atoms with Crippen molar-refractivity contribution in [2.75, 3.05) is 7.11 Å². The van der Waals surface area contributed by atoms with Gasteiger partial charge in [0.25, 0.3) is 0 Å². The number of esters is 1. The Morgan fingerprint density at radius 1 is 1.54 bits per heavy atom. The van der Waals surface area contributed by atoms with Crippen LogP contribution < -0.4 is 0 Å². The number of nitrogens with zero attached hydrogens (tertiary/aromatic N) is 1. The minimum atomic E-state index is -4.59. The van der Waals surface area contributed by atoms with Gasteiger partial charge in [0.05, 0.1) is 7.11 Å². The van der Waals surface area contributed by atoms with Crippen molar-refractivity contribution in [1.29, 1.82) is 0 Å². The largest absolute Gasteiger partial charge is 0.489 e. The number of rotatable bonds is 1. The van der Waals surface area contributed by atoms with Gasteiger partial charge in [-0.3, -0.25) is 4.57 Å². The Morgan fingerprint density at radius 2 is 2.15 bits per heavy atom. The average Bonchev–Trinajstić information content (AvgIpc) is 2.49. The van der Waals surface area contributed by atoms with E-state index in [-0.39, 0.29) is 4.57 Å². The number of aromatic nitrogens is 1. The van der Waals surface area contributed by atoms with Gasteiger partial charge in [0, 0.05) is 6.20 Å². The van der Waals surface area contributed by atoms with Gasteiger partial charge in [-0.2, -0.15) is 0 Å². The number of hydrogen-bond donors (Lipinski definition) is 0. The van der Waals surface area contributed by atoms with Crippen molar-refractivity contribution in [3.63, 3.8) is 0 Å². The van der Waals surface area contributed by atoms with Gasteiger partial charge in [-0.15, -0.1) is 13.2 Å². The molecule has 1 aromatic heterocycles. The molecule has 13 heavy (non-hydrogen) atoms. The molecule has 0 radical (unpaired) electrons. The van der Waals surface area contributed by atoms with Crippen LogP contribution in [0.2, 0.25) is 0 Å². The van der Waals surface area contributed by atoms with Crippen molar-refractivity contribution in [3.8, 4) is 0 Å². The molecule has 1 heterocycles. The standard InChI is InChI=1S/C7H6F3NO2/c1-13-6(12)5-3-2-4-11(5)7(8,9)10/h2-4H,1H3. The molecule has 0 unspecified atom stereocenters. The number of ether oxygens (including phenoxy) is 1. The topological polar surface area (TPSA) is 31.2 Å². The second-order valence-corrected chi connectivity index (χ2v) is 2.22. The van der Waals surface area contributed by atoms with Crippen LogP contribution in [-0.2, 0) is 11.0 Å². The van der Waals surface area contributed by atoms with E-state index < -0.39 is 18.0 Å². The summed E-state index contributed by atoms with van der Waals surface area (Å²) in [5.74, 6) is -1.01. The van der Waals surface area contributed by atoms with Gasteiger partial charge in [-0.05, 0) is 12.1 Å². The average molecular weight is 193 g/mol. The molecule has 0 saturated heterocycles. The van der Waals surface area contributed by atoms with Crippen LogP contribution in [0.1, 0.15) is 10.5 Å². The van der Waals surface area contributed by atoms with Crippen molar-refractivity contribution in [3.05, 3.63) is 24.0 Å². The van der Waals surface area contributed by atoms with E-state index in [1.807, 2.05) is 0 Å². The lowest BCUT2D eigenvalue weighted by atomic mass is 10.4. The molecule has 0 N–H and O–H groups in total. The first-order chi connectivity index (χ1) is 5.96. The molecule has 0 aromatic carbocycles. The van der Waals surface area contributed by atoms with Gasteiger partial charge in [0.15, 0.2) is 0 Å². The van der Waals surface area contributed by atoms with Crippen LogP contribution in [0.15, 0.2) is 18.3 Å². The predicted octanol–water partition coefficient (Wildman–Crippen LogP) is 1.75. The van der Waals surface area contributed by atoms with E-state index in [0.717, 1.165) is 25.4 Å². The molecule has 0 atom stereocenters. The molecule has 0 aliphatic heterocycles. The van der Waals surface area contributed by atoms with Crippen molar-refractivity contribution in [1.82, 2.24) is 4.57 Å². The Balaban J connectivity index is 3.10. The number of halogens is 3. The molecular weight excluding hydrogens is 187 g/mol. The molecule has 0 fully saturated rings. The third-order valence-electron chi connectivity index (χ3n) is 1.42. The van der Waals surface area contributed by atoms with E-state index in [1.165, 1.54) is 0 Å². The smallest absolute Gasteiger partial charge is 0.464 e. The van der Waals surface area contributed by atoms with Crippen LogP contribution in [0.25, 0.3) is 0 Å². The molecule has 0 amide bonds. The monoisotopic (exact) mass is 193 g/mol. The number of carbonyl (C=O) groups excluding carboxylic acids is 1. The maximum absolute atomic E-state index is 12.1. The maximum Gasteiger partial charge on any atom is 0.489 e. The lowest BCUT2D eigenvalue weighted by Crippen LogP contribution is -2.21. The summed E-state index contributed by atoms with van der Waals surface area (Å²) in [6, 6.07) is 2.17. The molecule has 1 aromatic rings. The Hall–Kier alpha value is -1.46. The first kappa shape index (κ1) is 9.63. The zero-order valence-electron chi connectivity index (χ0n) is 6.63. The molecular formula is C7H6F3NO2. The highest BCUT2D eigenvalue weighted by atomic mass is 19.4. The quantitative estimate of drug-likeness (QED) is 0.636. The fourth-order valence-electron chi connectivity index (χ4n) is 0.873. The summed E-state index contributed by atoms with van der Waals surface area (Å²) in [6.07, 6.45) is -3.83. The zero-order chi connectivity index (χ0) is 10.1. The predicted molar refractivity (Wildman–Crippen MR) is 37.1 cm³/mol. The summed E-state index contributed by atoms with van der Waals surface area (Å²) >= 11 is 0. The van der Waals surface area contributed by atoms with Crippen LogP contribution in [0.5, 0.6) is 0 Å². The number of carbonyl (C=O) groups is 1. The van der Waals surface area contributed by atoms with Crippen molar-refractivity contribution in [2.45, 2.75) is 6.30 Å². The van der Waals surface area contributed by atoms with E-state index in [1.54, 1.807) is 0 Å². The Kier molecular flexibility index (Phi) is 2.31. The fourth-order valence-corrected chi connectivity index (χ4v) is 0.873. The third kappa shape index (κ3) is 1.82. The van der Waals surface area contributed by atoms with E-state index >= 15 is 0 Å². The first-order valence-corrected chi connectivity index (χ1v) is 3.29. The van der Waals surface area contributed by atoms with Crippen LogP contribution >= 0.6 is 0 Å². The highest BCUT2D eigenvalue weighted by Crippen LogP contribution is 2.24.